The van der Waals surface area contributed by atoms with Crippen molar-refractivity contribution < 1.29 is 9.13 Å². The lowest BCUT2D eigenvalue weighted by atomic mass is 10.2. The van der Waals surface area contributed by atoms with Crippen LogP contribution in [0.15, 0.2) is 36.5 Å². The Kier molecular flexibility index (Phi) is 3.17. The van der Waals surface area contributed by atoms with Crippen LogP contribution in [0.3, 0.4) is 0 Å². The molecule has 0 unspecified atom stereocenters. The molecule has 0 spiro atoms. The Morgan fingerprint density at radius 2 is 2.00 bits per heavy atom. The summed E-state index contributed by atoms with van der Waals surface area (Å²) in [6.07, 6.45) is 1.40. The van der Waals surface area contributed by atoms with E-state index in [2.05, 4.69) is 4.98 Å². The Labute approximate surface area is 103 Å². The van der Waals surface area contributed by atoms with Gasteiger partial charge in [0.25, 0.3) is 0 Å². The van der Waals surface area contributed by atoms with Crippen molar-refractivity contribution in [1.29, 1.82) is 10.5 Å². The standard InChI is InChI=1S/C13H6FN3O/c14-12-2-1-3-13(11(12)8-16)18-10-4-5-17-9(6-10)7-15/h1-6H. The van der Waals surface area contributed by atoms with Gasteiger partial charge >= 0.3 is 0 Å². The highest BCUT2D eigenvalue weighted by Gasteiger charge is 2.10. The number of ether oxygens (including phenoxy) is 1. The highest BCUT2D eigenvalue weighted by molar-refractivity contribution is 5.46. The minimum atomic E-state index is -0.649. The molecule has 0 aliphatic rings. The van der Waals surface area contributed by atoms with E-state index in [9.17, 15) is 4.39 Å². The maximum absolute atomic E-state index is 13.3. The molecule has 0 saturated carbocycles. The fourth-order valence-corrected chi connectivity index (χ4v) is 1.36. The zero-order valence-electron chi connectivity index (χ0n) is 9.09. The smallest absolute Gasteiger partial charge is 0.148 e. The zero-order valence-corrected chi connectivity index (χ0v) is 9.09. The van der Waals surface area contributed by atoms with Gasteiger partial charge in [-0.2, -0.15) is 10.5 Å². The van der Waals surface area contributed by atoms with Gasteiger partial charge in [0.05, 0.1) is 0 Å². The largest absolute Gasteiger partial charge is 0.456 e. The van der Waals surface area contributed by atoms with Crippen LogP contribution in [-0.4, -0.2) is 4.98 Å². The molecule has 0 amide bonds. The third kappa shape index (κ3) is 2.26. The molecule has 0 aliphatic heterocycles. The summed E-state index contributed by atoms with van der Waals surface area (Å²) in [4.78, 5) is 3.78. The first-order valence-corrected chi connectivity index (χ1v) is 4.97. The van der Waals surface area contributed by atoms with Gasteiger partial charge in [0, 0.05) is 12.3 Å². The van der Waals surface area contributed by atoms with Crippen LogP contribution in [0, 0.1) is 28.5 Å². The van der Waals surface area contributed by atoms with Crippen LogP contribution >= 0.6 is 0 Å². The number of pyridine rings is 1. The van der Waals surface area contributed by atoms with E-state index in [0.29, 0.717) is 5.75 Å². The van der Waals surface area contributed by atoms with Crippen molar-refractivity contribution in [3.05, 3.63) is 53.6 Å². The molecule has 2 rings (SSSR count). The Hall–Kier alpha value is -2.92. The molecule has 0 aliphatic carbocycles. The number of rotatable bonds is 2. The molecule has 1 aromatic heterocycles. The van der Waals surface area contributed by atoms with Crippen molar-refractivity contribution in [3.8, 4) is 23.6 Å². The first-order chi connectivity index (χ1) is 8.74. The van der Waals surface area contributed by atoms with Gasteiger partial charge in [0.1, 0.15) is 40.7 Å². The van der Waals surface area contributed by atoms with Crippen molar-refractivity contribution in [2.45, 2.75) is 0 Å². The fraction of sp³-hybridized carbons (Fsp3) is 0. The summed E-state index contributed by atoms with van der Waals surface area (Å²) in [6, 6.07) is 10.6. The maximum Gasteiger partial charge on any atom is 0.148 e. The minimum absolute atomic E-state index is 0.104. The topological polar surface area (TPSA) is 69.7 Å². The summed E-state index contributed by atoms with van der Waals surface area (Å²) in [5.41, 5.74) is 0.00947. The number of halogens is 1. The Morgan fingerprint density at radius 1 is 1.17 bits per heavy atom. The molecule has 5 heteroatoms. The van der Waals surface area contributed by atoms with E-state index in [4.69, 9.17) is 15.3 Å². The summed E-state index contributed by atoms with van der Waals surface area (Å²) < 4.78 is 18.7. The molecule has 86 valence electrons. The van der Waals surface area contributed by atoms with Crippen LogP contribution < -0.4 is 4.74 Å². The van der Waals surface area contributed by atoms with Gasteiger partial charge in [-0.1, -0.05) is 6.07 Å². The highest BCUT2D eigenvalue weighted by Crippen LogP contribution is 2.26. The average Bonchev–Trinajstić information content (AvgIpc) is 2.39. The molecule has 0 fully saturated rings. The first kappa shape index (κ1) is 11.6. The third-order valence-electron chi connectivity index (χ3n) is 2.16. The van der Waals surface area contributed by atoms with E-state index in [0.717, 1.165) is 0 Å². The number of aromatic nitrogens is 1. The Morgan fingerprint density at radius 3 is 2.72 bits per heavy atom. The lowest BCUT2D eigenvalue weighted by Crippen LogP contribution is -1.92. The van der Waals surface area contributed by atoms with E-state index in [1.807, 2.05) is 6.07 Å². The third-order valence-corrected chi connectivity index (χ3v) is 2.16. The first-order valence-electron chi connectivity index (χ1n) is 4.97. The lowest BCUT2D eigenvalue weighted by Gasteiger charge is -2.07. The molecule has 4 nitrogen and oxygen atoms in total. The normalized spacial score (nSPS) is 9.28. The maximum atomic E-state index is 13.3. The Balaban J connectivity index is 2.38. The van der Waals surface area contributed by atoms with Crippen molar-refractivity contribution in [3.63, 3.8) is 0 Å². The van der Waals surface area contributed by atoms with Crippen molar-refractivity contribution in [1.82, 2.24) is 4.98 Å². The van der Waals surface area contributed by atoms with Gasteiger partial charge in [0.2, 0.25) is 0 Å². The lowest BCUT2D eigenvalue weighted by molar-refractivity contribution is 0.473. The molecule has 0 saturated heterocycles. The number of benzene rings is 1. The summed E-state index contributed by atoms with van der Waals surface area (Å²) in [6.45, 7) is 0. The van der Waals surface area contributed by atoms with Gasteiger partial charge in [-0.15, -0.1) is 0 Å². The predicted molar refractivity (Wildman–Crippen MR) is 60.1 cm³/mol. The van der Waals surface area contributed by atoms with Crippen LogP contribution in [0.1, 0.15) is 11.3 Å². The molecule has 0 radical (unpaired) electrons. The summed E-state index contributed by atoms with van der Waals surface area (Å²) in [7, 11) is 0. The molecule has 0 bridgehead atoms. The highest BCUT2D eigenvalue weighted by atomic mass is 19.1. The Bertz CT molecular complexity index is 671. The SMILES string of the molecule is N#Cc1cc(Oc2cccc(F)c2C#N)ccn1. The number of hydrogen-bond donors (Lipinski definition) is 0. The van der Waals surface area contributed by atoms with Crippen LogP contribution in [0.5, 0.6) is 11.5 Å². The van der Waals surface area contributed by atoms with E-state index >= 15 is 0 Å². The van der Waals surface area contributed by atoms with Crippen LogP contribution in [0.2, 0.25) is 0 Å². The van der Waals surface area contributed by atoms with Gasteiger partial charge in [0.15, 0.2) is 0 Å². The van der Waals surface area contributed by atoms with Gasteiger partial charge in [-0.3, -0.25) is 0 Å². The molecule has 1 heterocycles. The summed E-state index contributed by atoms with van der Waals surface area (Å²) in [5.74, 6) is -0.221. The zero-order chi connectivity index (χ0) is 13.0. The van der Waals surface area contributed by atoms with E-state index < -0.39 is 5.82 Å². The van der Waals surface area contributed by atoms with Crippen LogP contribution in [-0.2, 0) is 0 Å². The second-order valence-electron chi connectivity index (χ2n) is 3.32. The van der Waals surface area contributed by atoms with E-state index in [-0.39, 0.29) is 17.0 Å². The van der Waals surface area contributed by atoms with Gasteiger partial charge in [-0.25, -0.2) is 9.37 Å². The molecule has 18 heavy (non-hydrogen) atoms. The monoisotopic (exact) mass is 239 g/mol. The van der Waals surface area contributed by atoms with Gasteiger partial charge < -0.3 is 4.74 Å². The van der Waals surface area contributed by atoms with Crippen molar-refractivity contribution >= 4 is 0 Å². The quantitative estimate of drug-likeness (QED) is 0.807. The van der Waals surface area contributed by atoms with E-state index in [1.54, 1.807) is 6.07 Å². The van der Waals surface area contributed by atoms with Crippen molar-refractivity contribution in [2.75, 3.05) is 0 Å². The van der Waals surface area contributed by atoms with E-state index in [1.165, 1.54) is 36.5 Å². The van der Waals surface area contributed by atoms with Crippen LogP contribution in [0.25, 0.3) is 0 Å². The number of nitriles is 2. The molecular weight excluding hydrogens is 233 g/mol. The second kappa shape index (κ2) is 4.94. The molecule has 1 aromatic carbocycles. The summed E-state index contributed by atoms with van der Waals surface area (Å²) >= 11 is 0. The molecule has 2 aromatic rings. The predicted octanol–water partition coefficient (Wildman–Crippen LogP) is 2.76. The summed E-state index contributed by atoms with van der Waals surface area (Å²) in [5, 5.41) is 17.5. The van der Waals surface area contributed by atoms with Crippen molar-refractivity contribution in [2.24, 2.45) is 0 Å². The molecule has 0 N–H and O–H groups in total. The van der Waals surface area contributed by atoms with Gasteiger partial charge in [-0.05, 0) is 18.2 Å². The average molecular weight is 239 g/mol. The molecule has 0 atom stereocenters. The fourth-order valence-electron chi connectivity index (χ4n) is 1.36. The molecular formula is C13H6FN3O. The number of nitrogens with zero attached hydrogens (tertiary/aromatic N) is 3. The second-order valence-corrected chi connectivity index (χ2v) is 3.32. The van der Waals surface area contributed by atoms with Crippen LogP contribution in [0.4, 0.5) is 4.39 Å². The minimum Gasteiger partial charge on any atom is -0.456 e. The number of hydrogen-bond acceptors (Lipinski definition) is 4.